The van der Waals surface area contributed by atoms with Gasteiger partial charge < -0.3 is 10.1 Å². The van der Waals surface area contributed by atoms with Crippen molar-refractivity contribution >= 4 is 0 Å². The lowest BCUT2D eigenvalue weighted by molar-refractivity contribution is 0.185. The highest BCUT2D eigenvalue weighted by Crippen LogP contribution is 2.41. The Hall–Kier alpha value is -1.00. The number of rotatable bonds is 3. The standard InChI is InChI=1S/C15H21N3O/c1-2-11(1)15-12-8-16-5-3-13(12)17-14(18-15)7-10-4-6-19-9-10/h10-11,16H,1-9H2. The van der Waals surface area contributed by atoms with Gasteiger partial charge in [-0.1, -0.05) is 0 Å². The van der Waals surface area contributed by atoms with Crippen LogP contribution in [0, 0.1) is 5.92 Å². The van der Waals surface area contributed by atoms with Crippen LogP contribution in [0.25, 0.3) is 0 Å². The molecule has 0 amide bonds. The molecular formula is C15H21N3O. The van der Waals surface area contributed by atoms with Crippen LogP contribution in [0.1, 0.15) is 48.0 Å². The summed E-state index contributed by atoms with van der Waals surface area (Å²) >= 11 is 0. The molecule has 1 unspecified atom stereocenters. The van der Waals surface area contributed by atoms with Crippen LogP contribution >= 0.6 is 0 Å². The van der Waals surface area contributed by atoms with E-state index in [0.29, 0.717) is 5.92 Å². The van der Waals surface area contributed by atoms with Crippen molar-refractivity contribution in [2.75, 3.05) is 19.8 Å². The Bertz CT molecular complexity index is 479. The van der Waals surface area contributed by atoms with Crippen molar-refractivity contribution < 1.29 is 4.74 Å². The van der Waals surface area contributed by atoms with Gasteiger partial charge in [0.15, 0.2) is 0 Å². The van der Waals surface area contributed by atoms with E-state index in [2.05, 4.69) is 5.32 Å². The quantitative estimate of drug-likeness (QED) is 0.895. The van der Waals surface area contributed by atoms with E-state index in [9.17, 15) is 0 Å². The molecule has 0 spiro atoms. The first-order valence-electron chi connectivity index (χ1n) is 7.57. The molecule has 2 aliphatic heterocycles. The zero-order chi connectivity index (χ0) is 12.7. The summed E-state index contributed by atoms with van der Waals surface area (Å²) in [7, 11) is 0. The summed E-state index contributed by atoms with van der Waals surface area (Å²) in [5.41, 5.74) is 4.07. The van der Waals surface area contributed by atoms with E-state index < -0.39 is 0 Å². The first-order chi connectivity index (χ1) is 9.40. The maximum atomic E-state index is 5.47. The van der Waals surface area contributed by atoms with Crippen molar-refractivity contribution in [3.63, 3.8) is 0 Å². The molecule has 1 saturated carbocycles. The lowest BCUT2D eigenvalue weighted by Gasteiger charge is -2.20. The van der Waals surface area contributed by atoms with Crippen molar-refractivity contribution in [1.29, 1.82) is 0 Å². The zero-order valence-electron chi connectivity index (χ0n) is 11.3. The molecule has 4 rings (SSSR count). The summed E-state index contributed by atoms with van der Waals surface area (Å²) in [5.74, 6) is 2.42. The highest BCUT2D eigenvalue weighted by molar-refractivity contribution is 5.33. The molecule has 1 saturated heterocycles. The van der Waals surface area contributed by atoms with Gasteiger partial charge in [-0.2, -0.15) is 0 Å². The van der Waals surface area contributed by atoms with Crippen LogP contribution in [-0.4, -0.2) is 29.7 Å². The molecule has 0 aromatic carbocycles. The fourth-order valence-electron chi connectivity index (χ4n) is 3.21. The SMILES string of the molecule is C1Cc2nc(CC3CCOC3)nc(C3CC3)c2CN1. The van der Waals surface area contributed by atoms with E-state index in [0.717, 1.165) is 50.9 Å². The van der Waals surface area contributed by atoms with E-state index in [1.54, 1.807) is 0 Å². The minimum atomic E-state index is 0.631. The normalized spacial score (nSPS) is 26.4. The minimum absolute atomic E-state index is 0.631. The van der Waals surface area contributed by atoms with E-state index in [1.165, 1.54) is 36.2 Å². The predicted octanol–water partition coefficient (Wildman–Crippen LogP) is 1.58. The van der Waals surface area contributed by atoms with Gasteiger partial charge >= 0.3 is 0 Å². The van der Waals surface area contributed by atoms with Gasteiger partial charge in [0.2, 0.25) is 0 Å². The maximum absolute atomic E-state index is 5.47. The molecule has 1 N–H and O–H groups in total. The summed E-state index contributed by atoms with van der Waals surface area (Å²) in [6.07, 6.45) is 5.86. The van der Waals surface area contributed by atoms with Crippen LogP contribution in [-0.2, 0) is 24.1 Å². The molecule has 3 aliphatic rings. The second-order valence-corrected chi connectivity index (χ2v) is 6.09. The third kappa shape index (κ3) is 2.39. The molecular weight excluding hydrogens is 238 g/mol. The molecule has 1 atom stereocenters. The summed E-state index contributed by atoms with van der Waals surface area (Å²) in [5, 5.41) is 3.46. The van der Waals surface area contributed by atoms with Gasteiger partial charge in [0.25, 0.3) is 0 Å². The van der Waals surface area contributed by atoms with Gasteiger partial charge in [-0.15, -0.1) is 0 Å². The van der Waals surface area contributed by atoms with E-state index in [1.807, 2.05) is 0 Å². The second kappa shape index (κ2) is 4.84. The number of nitrogens with one attached hydrogen (secondary N) is 1. The van der Waals surface area contributed by atoms with E-state index in [-0.39, 0.29) is 0 Å². The lowest BCUT2D eigenvalue weighted by Crippen LogP contribution is -2.27. The van der Waals surface area contributed by atoms with E-state index in [4.69, 9.17) is 14.7 Å². The van der Waals surface area contributed by atoms with Crippen LogP contribution in [0.15, 0.2) is 0 Å². The number of fused-ring (bicyclic) bond motifs is 1. The Morgan fingerprint density at radius 1 is 1.21 bits per heavy atom. The van der Waals surface area contributed by atoms with Gasteiger partial charge in [0.1, 0.15) is 5.82 Å². The molecule has 1 aromatic rings. The monoisotopic (exact) mass is 259 g/mol. The summed E-state index contributed by atoms with van der Waals surface area (Å²) < 4.78 is 5.47. The number of ether oxygens (including phenoxy) is 1. The molecule has 19 heavy (non-hydrogen) atoms. The Morgan fingerprint density at radius 3 is 2.95 bits per heavy atom. The predicted molar refractivity (Wildman–Crippen MR) is 72.0 cm³/mol. The van der Waals surface area contributed by atoms with Crippen molar-refractivity contribution in [2.24, 2.45) is 5.92 Å². The number of nitrogens with zero attached hydrogens (tertiary/aromatic N) is 2. The van der Waals surface area contributed by atoms with Crippen LogP contribution in [0.2, 0.25) is 0 Å². The molecule has 0 bridgehead atoms. The summed E-state index contributed by atoms with van der Waals surface area (Å²) in [6.45, 7) is 3.82. The van der Waals surface area contributed by atoms with Gasteiger partial charge in [-0.25, -0.2) is 9.97 Å². The molecule has 0 radical (unpaired) electrons. The molecule has 4 heteroatoms. The Labute approximate surface area is 114 Å². The third-order valence-corrected chi connectivity index (χ3v) is 4.47. The molecule has 2 fully saturated rings. The van der Waals surface area contributed by atoms with Gasteiger partial charge in [0, 0.05) is 50.6 Å². The van der Waals surface area contributed by atoms with E-state index >= 15 is 0 Å². The lowest BCUT2D eigenvalue weighted by atomic mass is 10.0. The number of hydrogen-bond acceptors (Lipinski definition) is 4. The highest BCUT2D eigenvalue weighted by atomic mass is 16.5. The van der Waals surface area contributed by atoms with Crippen molar-refractivity contribution in [3.8, 4) is 0 Å². The summed E-state index contributed by atoms with van der Waals surface area (Å²) in [4.78, 5) is 9.75. The summed E-state index contributed by atoms with van der Waals surface area (Å²) in [6, 6.07) is 0. The largest absolute Gasteiger partial charge is 0.381 e. The Balaban J connectivity index is 1.65. The minimum Gasteiger partial charge on any atom is -0.381 e. The molecule has 4 nitrogen and oxygen atoms in total. The van der Waals surface area contributed by atoms with Gasteiger partial charge in [-0.3, -0.25) is 0 Å². The fourth-order valence-corrected chi connectivity index (χ4v) is 3.21. The fraction of sp³-hybridized carbons (Fsp3) is 0.733. The van der Waals surface area contributed by atoms with Gasteiger partial charge in [-0.05, 0) is 25.2 Å². The molecule has 1 aliphatic carbocycles. The van der Waals surface area contributed by atoms with Crippen molar-refractivity contribution in [2.45, 2.75) is 44.6 Å². The molecule has 1 aromatic heterocycles. The van der Waals surface area contributed by atoms with Crippen molar-refractivity contribution in [1.82, 2.24) is 15.3 Å². The van der Waals surface area contributed by atoms with Crippen molar-refractivity contribution in [3.05, 3.63) is 22.8 Å². The molecule has 3 heterocycles. The maximum Gasteiger partial charge on any atom is 0.129 e. The van der Waals surface area contributed by atoms with Crippen LogP contribution < -0.4 is 5.32 Å². The number of hydrogen-bond donors (Lipinski definition) is 1. The van der Waals surface area contributed by atoms with Crippen LogP contribution in [0.5, 0.6) is 0 Å². The first-order valence-corrected chi connectivity index (χ1v) is 7.57. The Kier molecular flexibility index (Phi) is 3.00. The van der Waals surface area contributed by atoms with Crippen LogP contribution in [0.4, 0.5) is 0 Å². The topological polar surface area (TPSA) is 47.0 Å². The van der Waals surface area contributed by atoms with Gasteiger partial charge in [0.05, 0.1) is 11.4 Å². The zero-order valence-corrected chi connectivity index (χ0v) is 11.3. The van der Waals surface area contributed by atoms with Crippen LogP contribution in [0.3, 0.4) is 0 Å². The highest BCUT2D eigenvalue weighted by Gasteiger charge is 2.31. The molecule has 102 valence electrons. The second-order valence-electron chi connectivity index (χ2n) is 6.09. The first kappa shape index (κ1) is 11.8. The average molecular weight is 259 g/mol. The smallest absolute Gasteiger partial charge is 0.129 e. The number of aromatic nitrogens is 2. The Morgan fingerprint density at radius 2 is 2.16 bits per heavy atom. The average Bonchev–Trinajstić information content (AvgIpc) is 3.16. The third-order valence-electron chi connectivity index (χ3n) is 4.47.